The van der Waals surface area contributed by atoms with E-state index in [1.54, 1.807) is 54.4 Å². The Kier molecular flexibility index (Phi) is 5.85. The Hall–Kier alpha value is -3.16. The summed E-state index contributed by atoms with van der Waals surface area (Å²) in [6.07, 6.45) is 1.47. The van der Waals surface area contributed by atoms with E-state index in [1.807, 2.05) is 0 Å². The Morgan fingerprint density at radius 3 is 2.11 bits per heavy atom. The molecule has 27 heavy (non-hydrogen) atoms. The summed E-state index contributed by atoms with van der Waals surface area (Å²) in [6, 6.07) is 8.42. The second-order valence-corrected chi connectivity index (χ2v) is 5.99. The van der Waals surface area contributed by atoms with Gasteiger partial charge in [0, 0.05) is 44.4 Å². The molecule has 0 radical (unpaired) electrons. The van der Waals surface area contributed by atoms with Crippen LogP contribution < -0.4 is 14.2 Å². The molecule has 1 aromatic carbocycles. The van der Waals surface area contributed by atoms with Crippen molar-refractivity contribution in [2.24, 2.45) is 0 Å². The van der Waals surface area contributed by atoms with Gasteiger partial charge in [-0.1, -0.05) is 0 Å². The van der Waals surface area contributed by atoms with Crippen LogP contribution in [0.15, 0.2) is 41.0 Å². The molecule has 2 amide bonds. The zero-order valence-electron chi connectivity index (χ0n) is 15.3. The SMILES string of the molecule is COc1cc(OC)cc(OCC(=O)N2CCN(C(=O)c3ccco3)CC2)c1. The normalized spacial score (nSPS) is 14.0. The Bertz CT molecular complexity index is 759. The van der Waals surface area contributed by atoms with Crippen LogP contribution in [0.1, 0.15) is 10.6 Å². The fourth-order valence-corrected chi connectivity index (χ4v) is 2.82. The van der Waals surface area contributed by atoms with Gasteiger partial charge in [-0.25, -0.2) is 0 Å². The molecule has 144 valence electrons. The van der Waals surface area contributed by atoms with Crippen molar-refractivity contribution in [3.05, 3.63) is 42.4 Å². The lowest BCUT2D eigenvalue weighted by Gasteiger charge is -2.34. The van der Waals surface area contributed by atoms with Gasteiger partial charge in [0.15, 0.2) is 12.4 Å². The number of hydrogen-bond donors (Lipinski definition) is 0. The van der Waals surface area contributed by atoms with Crippen LogP contribution in [0.4, 0.5) is 0 Å². The van der Waals surface area contributed by atoms with Crippen molar-refractivity contribution in [1.29, 1.82) is 0 Å². The number of furan rings is 1. The van der Waals surface area contributed by atoms with Crippen LogP contribution in [0.25, 0.3) is 0 Å². The first kappa shape index (κ1) is 18.6. The van der Waals surface area contributed by atoms with Gasteiger partial charge in [0.2, 0.25) is 0 Å². The molecule has 1 aliphatic heterocycles. The zero-order chi connectivity index (χ0) is 19.2. The maximum Gasteiger partial charge on any atom is 0.289 e. The van der Waals surface area contributed by atoms with Crippen molar-refractivity contribution in [1.82, 2.24) is 9.80 Å². The minimum Gasteiger partial charge on any atom is -0.496 e. The monoisotopic (exact) mass is 374 g/mol. The predicted octanol–water partition coefficient (Wildman–Crippen LogP) is 1.66. The number of nitrogens with zero attached hydrogens (tertiary/aromatic N) is 2. The van der Waals surface area contributed by atoms with Crippen LogP contribution in [0.5, 0.6) is 17.2 Å². The average Bonchev–Trinajstić information content (AvgIpc) is 3.26. The summed E-state index contributed by atoms with van der Waals surface area (Å²) in [7, 11) is 3.10. The molecule has 3 rings (SSSR count). The molecule has 0 aliphatic carbocycles. The highest BCUT2D eigenvalue weighted by molar-refractivity contribution is 5.91. The standard InChI is InChI=1S/C19H22N2O6/c1-24-14-10-15(25-2)12-16(11-14)27-13-18(22)20-5-7-21(8-6-20)19(23)17-4-3-9-26-17/h3-4,9-12H,5-8,13H2,1-2H3. The van der Waals surface area contributed by atoms with E-state index in [1.165, 1.54) is 6.26 Å². The second-order valence-electron chi connectivity index (χ2n) is 5.99. The average molecular weight is 374 g/mol. The summed E-state index contributed by atoms with van der Waals surface area (Å²) in [6.45, 7) is 1.73. The van der Waals surface area contributed by atoms with Gasteiger partial charge in [0.1, 0.15) is 17.2 Å². The van der Waals surface area contributed by atoms with Gasteiger partial charge >= 0.3 is 0 Å². The van der Waals surface area contributed by atoms with Crippen molar-refractivity contribution < 1.29 is 28.2 Å². The van der Waals surface area contributed by atoms with E-state index in [0.29, 0.717) is 49.2 Å². The predicted molar refractivity (Wildman–Crippen MR) is 96.2 cm³/mol. The molecule has 0 saturated carbocycles. The zero-order valence-corrected chi connectivity index (χ0v) is 15.3. The molecule has 8 heteroatoms. The van der Waals surface area contributed by atoms with Gasteiger partial charge in [-0.15, -0.1) is 0 Å². The topological polar surface area (TPSA) is 81.5 Å². The van der Waals surface area contributed by atoms with Crippen LogP contribution in [0.2, 0.25) is 0 Å². The molecular formula is C19H22N2O6. The summed E-state index contributed by atoms with van der Waals surface area (Å²) in [4.78, 5) is 28.0. The van der Waals surface area contributed by atoms with Gasteiger partial charge in [-0.3, -0.25) is 9.59 Å². The minimum atomic E-state index is -0.160. The number of benzene rings is 1. The van der Waals surface area contributed by atoms with E-state index in [4.69, 9.17) is 18.6 Å². The van der Waals surface area contributed by atoms with Crippen molar-refractivity contribution in [2.75, 3.05) is 47.0 Å². The van der Waals surface area contributed by atoms with Gasteiger partial charge in [-0.05, 0) is 12.1 Å². The first-order valence-electron chi connectivity index (χ1n) is 8.57. The Morgan fingerprint density at radius 2 is 1.56 bits per heavy atom. The molecule has 0 spiro atoms. The molecule has 1 aromatic heterocycles. The molecule has 1 saturated heterocycles. The second kappa shape index (κ2) is 8.48. The van der Waals surface area contributed by atoms with Gasteiger partial charge in [0.05, 0.1) is 20.5 Å². The molecule has 1 fully saturated rings. The number of carbonyl (C=O) groups excluding carboxylic acids is 2. The third kappa shape index (κ3) is 4.52. The maximum absolute atomic E-state index is 12.4. The molecule has 1 aliphatic rings. The smallest absolute Gasteiger partial charge is 0.289 e. The first-order valence-corrected chi connectivity index (χ1v) is 8.57. The van der Waals surface area contributed by atoms with Crippen LogP contribution in [0, 0.1) is 0 Å². The van der Waals surface area contributed by atoms with Crippen molar-refractivity contribution in [3.8, 4) is 17.2 Å². The van der Waals surface area contributed by atoms with Crippen molar-refractivity contribution in [2.45, 2.75) is 0 Å². The fourth-order valence-electron chi connectivity index (χ4n) is 2.82. The number of piperazine rings is 1. The van der Waals surface area contributed by atoms with Crippen LogP contribution >= 0.6 is 0 Å². The summed E-state index contributed by atoms with van der Waals surface area (Å²) in [5.74, 6) is 1.67. The number of rotatable bonds is 6. The van der Waals surface area contributed by atoms with Gasteiger partial charge < -0.3 is 28.4 Å². The van der Waals surface area contributed by atoms with Crippen LogP contribution in [-0.2, 0) is 4.79 Å². The number of methoxy groups -OCH3 is 2. The van der Waals surface area contributed by atoms with Crippen LogP contribution in [0.3, 0.4) is 0 Å². The lowest BCUT2D eigenvalue weighted by molar-refractivity contribution is -0.134. The van der Waals surface area contributed by atoms with E-state index in [-0.39, 0.29) is 18.4 Å². The number of amides is 2. The molecular weight excluding hydrogens is 352 g/mol. The fraction of sp³-hybridized carbons (Fsp3) is 0.368. The van der Waals surface area contributed by atoms with E-state index >= 15 is 0 Å². The Morgan fingerprint density at radius 1 is 0.963 bits per heavy atom. The lowest BCUT2D eigenvalue weighted by atomic mass is 10.2. The molecule has 8 nitrogen and oxygen atoms in total. The molecule has 0 N–H and O–H groups in total. The van der Waals surface area contributed by atoms with Crippen molar-refractivity contribution in [3.63, 3.8) is 0 Å². The number of ether oxygens (including phenoxy) is 3. The maximum atomic E-state index is 12.4. The summed E-state index contributed by atoms with van der Waals surface area (Å²) >= 11 is 0. The molecule has 0 bridgehead atoms. The van der Waals surface area contributed by atoms with E-state index < -0.39 is 0 Å². The lowest BCUT2D eigenvalue weighted by Crippen LogP contribution is -2.51. The highest BCUT2D eigenvalue weighted by Gasteiger charge is 2.26. The van der Waals surface area contributed by atoms with E-state index in [9.17, 15) is 9.59 Å². The highest BCUT2D eigenvalue weighted by atomic mass is 16.5. The molecule has 0 atom stereocenters. The summed E-state index contributed by atoms with van der Waals surface area (Å²) in [5.41, 5.74) is 0. The minimum absolute atomic E-state index is 0.0948. The third-order valence-electron chi connectivity index (χ3n) is 4.34. The van der Waals surface area contributed by atoms with Crippen LogP contribution in [-0.4, -0.2) is 68.6 Å². The quantitative estimate of drug-likeness (QED) is 0.765. The van der Waals surface area contributed by atoms with Crippen molar-refractivity contribution >= 4 is 11.8 Å². The van der Waals surface area contributed by atoms with E-state index in [0.717, 1.165) is 0 Å². The Balaban J connectivity index is 1.50. The van der Waals surface area contributed by atoms with Gasteiger partial charge in [0.25, 0.3) is 11.8 Å². The van der Waals surface area contributed by atoms with E-state index in [2.05, 4.69) is 0 Å². The van der Waals surface area contributed by atoms with Gasteiger partial charge in [-0.2, -0.15) is 0 Å². The largest absolute Gasteiger partial charge is 0.496 e. The summed E-state index contributed by atoms with van der Waals surface area (Å²) in [5, 5.41) is 0. The molecule has 2 heterocycles. The Labute approximate surface area is 157 Å². The molecule has 0 unspecified atom stereocenters. The highest BCUT2D eigenvalue weighted by Crippen LogP contribution is 2.27. The third-order valence-corrected chi connectivity index (χ3v) is 4.34. The summed E-state index contributed by atoms with van der Waals surface area (Å²) < 4.78 is 21.1. The molecule has 2 aromatic rings. The number of carbonyl (C=O) groups is 2. The first-order chi connectivity index (χ1) is 13.1. The number of hydrogen-bond acceptors (Lipinski definition) is 6.